The summed E-state index contributed by atoms with van der Waals surface area (Å²) >= 11 is 0. The van der Waals surface area contributed by atoms with Crippen LogP contribution in [0.1, 0.15) is 31.4 Å². The molecule has 6 nitrogen and oxygen atoms in total. The number of piperidine rings is 1. The third-order valence-corrected chi connectivity index (χ3v) is 5.12. The van der Waals surface area contributed by atoms with Gasteiger partial charge in [0.2, 0.25) is 15.9 Å². The maximum Gasteiger partial charge on any atom is 0.240 e. The van der Waals surface area contributed by atoms with Crippen LogP contribution in [-0.2, 0) is 14.8 Å². The van der Waals surface area contributed by atoms with Gasteiger partial charge in [0.25, 0.3) is 0 Å². The summed E-state index contributed by atoms with van der Waals surface area (Å²) in [5, 5.41) is 9.54. The molecule has 2 atom stereocenters. The average Bonchev–Trinajstić information content (AvgIpc) is 2.43. The highest BCUT2D eigenvalue weighted by Gasteiger charge is 2.27. The van der Waals surface area contributed by atoms with Gasteiger partial charge < -0.3 is 10.0 Å². The highest BCUT2D eigenvalue weighted by molar-refractivity contribution is 7.89. The normalized spacial score (nSPS) is 21.4. The number of sulfonamides is 1. The molecule has 1 aliphatic rings. The van der Waals surface area contributed by atoms with Crippen LogP contribution >= 0.6 is 0 Å². The zero-order valence-electron chi connectivity index (χ0n) is 12.1. The molecule has 0 saturated carbocycles. The van der Waals surface area contributed by atoms with Gasteiger partial charge in [-0.15, -0.1) is 0 Å². The Kier molecular flexibility index (Phi) is 4.65. The van der Waals surface area contributed by atoms with Crippen LogP contribution in [0.5, 0.6) is 0 Å². The minimum atomic E-state index is -3.66. The van der Waals surface area contributed by atoms with Crippen LogP contribution in [0.3, 0.4) is 0 Å². The number of likely N-dealkylation sites (N-methyl/N-ethyl adjacent to an activating group) is 1. The molecule has 1 heterocycles. The van der Waals surface area contributed by atoms with Crippen molar-refractivity contribution in [3.63, 3.8) is 0 Å². The molecular weight excluding hydrogens is 292 g/mol. The van der Waals surface area contributed by atoms with Crippen LogP contribution in [0.2, 0.25) is 0 Å². The molecule has 21 heavy (non-hydrogen) atoms. The molecule has 2 unspecified atom stereocenters. The molecule has 1 amide bonds. The maximum atomic E-state index is 12.4. The van der Waals surface area contributed by atoms with Crippen molar-refractivity contribution in [2.24, 2.45) is 0 Å². The first-order valence-corrected chi connectivity index (χ1v) is 8.32. The fourth-order valence-electron chi connectivity index (χ4n) is 2.34. The zero-order chi connectivity index (χ0) is 15.6. The van der Waals surface area contributed by atoms with E-state index < -0.39 is 16.1 Å². The average molecular weight is 312 g/mol. The van der Waals surface area contributed by atoms with Gasteiger partial charge in [-0.3, -0.25) is 4.79 Å². The van der Waals surface area contributed by atoms with E-state index in [9.17, 15) is 18.3 Å². The Morgan fingerprint density at radius 2 is 2.14 bits per heavy atom. The lowest BCUT2D eigenvalue weighted by atomic mass is 10.1. The lowest BCUT2D eigenvalue weighted by Gasteiger charge is -2.30. The van der Waals surface area contributed by atoms with Crippen molar-refractivity contribution >= 4 is 15.9 Å². The minimum absolute atomic E-state index is 0.0292. The van der Waals surface area contributed by atoms with Crippen LogP contribution in [0.4, 0.5) is 0 Å². The molecule has 7 heteroatoms. The molecule has 1 aromatic carbocycles. The van der Waals surface area contributed by atoms with E-state index in [1.165, 1.54) is 17.0 Å². The lowest BCUT2D eigenvalue weighted by Crippen LogP contribution is -2.48. The number of rotatable bonds is 4. The quantitative estimate of drug-likeness (QED) is 0.854. The van der Waals surface area contributed by atoms with E-state index in [1.54, 1.807) is 26.1 Å². The van der Waals surface area contributed by atoms with Gasteiger partial charge in [-0.1, -0.05) is 12.1 Å². The van der Waals surface area contributed by atoms with E-state index in [4.69, 9.17) is 0 Å². The Morgan fingerprint density at radius 1 is 1.43 bits per heavy atom. The van der Waals surface area contributed by atoms with Gasteiger partial charge in [0.1, 0.15) is 0 Å². The molecular formula is C14H20N2O4S. The van der Waals surface area contributed by atoms with Crippen LogP contribution in [0.15, 0.2) is 29.2 Å². The smallest absolute Gasteiger partial charge is 0.240 e. The van der Waals surface area contributed by atoms with Crippen molar-refractivity contribution in [1.29, 1.82) is 0 Å². The summed E-state index contributed by atoms with van der Waals surface area (Å²) in [5.74, 6) is 0.0292. The summed E-state index contributed by atoms with van der Waals surface area (Å²) in [7, 11) is -1.99. The molecule has 1 fully saturated rings. The standard InChI is InChI=1S/C14H20N2O4S/c1-10(17)11-4-3-5-13(8-11)21(19,20)15-12-6-7-14(18)16(2)9-12/h3-5,8,10,12,15,17H,6-7,9H2,1-2H3. The van der Waals surface area contributed by atoms with Gasteiger partial charge in [-0.25, -0.2) is 13.1 Å². The van der Waals surface area contributed by atoms with Crippen LogP contribution < -0.4 is 4.72 Å². The second kappa shape index (κ2) is 6.13. The van der Waals surface area contributed by atoms with Crippen molar-refractivity contribution in [1.82, 2.24) is 9.62 Å². The third kappa shape index (κ3) is 3.81. The summed E-state index contributed by atoms with van der Waals surface area (Å²) in [5.41, 5.74) is 0.550. The molecule has 1 saturated heterocycles. The Hall–Kier alpha value is -1.44. The van der Waals surface area contributed by atoms with Crippen molar-refractivity contribution < 1.29 is 18.3 Å². The number of aliphatic hydroxyl groups excluding tert-OH is 1. The van der Waals surface area contributed by atoms with Crippen molar-refractivity contribution in [3.05, 3.63) is 29.8 Å². The number of benzene rings is 1. The van der Waals surface area contributed by atoms with Crippen molar-refractivity contribution in [2.75, 3.05) is 13.6 Å². The molecule has 0 aliphatic carbocycles. The Balaban J connectivity index is 2.15. The van der Waals surface area contributed by atoms with E-state index in [2.05, 4.69) is 4.72 Å². The van der Waals surface area contributed by atoms with E-state index >= 15 is 0 Å². The lowest BCUT2D eigenvalue weighted by molar-refractivity contribution is -0.132. The van der Waals surface area contributed by atoms with Gasteiger partial charge in [0.05, 0.1) is 11.0 Å². The van der Waals surface area contributed by atoms with E-state index in [-0.39, 0.29) is 16.8 Å². The van der Waals surface area contributed by atoms with Gasteiger partial charge in [0, 0.05) is 26.1 Å². The number of hydrogen-bond donors (Lipinski definition) is 2. The van der Waals surface area contributed by atoms with Gasteiger partial charge in [-0.05, 0) is 31.0 Å². The highest BCUT2D eigenvalue weighted by atomic mass is 32.2. The van der Waals surface area contributed by atoms with Crippen LogP contribution in [-0.4, -0.2) is 44.0 Å². The highest BCUT2D eigenvalue weighted by Crippen LogP contribution is 2.19. The number of hydrogen-bond acceptors (Lipinski definition) is 4. The van der Waals surface area contributed by atoms with E-state index in [0.717, 1.165) is 0 Å². The predicted molar refractivity (Wildman–Crippen MR) is 78.1 cm³/mol. The first-order chi connectivity index (χ1) is 9.79. The first-order valence-electron chi connectivity index (χ1n) is 6.84. The second-order valence-electron chi connectivity index (χ2n) is 5.38. The number of nitrogens with one attached hydrogen (secondary N) is 1. The predicted octanol–water partition coefficient (Wildman–Crippen LogP) is 0.639. The Morgan fingerprint density at radius 3 is 2.76 bits per heavy atom. The fourth-order valence-corrected chi connectivity index (χ4v) is 3.65. The molecule has 116 valence electrons. The number of likely N-dealkylation sites (tertiary alicyclic amines) is 1. The van der Waals surface area contributed by atoms with Crippen LogP contribution in [0.25, 0.3) is 0 Å². The van der Waals surface area contributed by atoms with Gasteiger partial charge >= 0.3 is 0 Å². The van der Waals surface area contributed by atoms with Gasteiger partial charge in [-0.2, -0.15) is 0 Å². The molecule has 1 aliphatic heterocycles. The van der Waals surface area contributed by atoms with Crippen molar-refractivity contribution in [3.8, 4) is 0 Å². The summed E-state index contributed by atoms with van der Waals surface area (Å²) in [6.45, 7) is 1.95. The number of nitrogens with zero attached hydrogens (tertiary/aromatic N) is 1. The molecule has 0 spiro atoms. The summed E-state index contributed by atoms with van der Waals surface area (Å²) < 4.78 is 27.4. The molecule has 2 N–H and O–H groups in total. The number of carbonyl (C=O) groups is 1. The second-order valence-corrected chi connectivity index (χ2v) is 7.09. The fraction of sp³-hybridized carbons (Fsp3) is 0.500. The zero-order valence-corrected chi connectivity index (χ0v) is 12.9. The monoisotopic (exact) mass is 312 g/mol. The number of carbonyl (C=O) groups excluding carboxylic acids is 1. The summed E-state index contributed by atoms with van der Waals surface area (Å²) in [6, 6.07) is 5.95. The van der Waals surface area contributed by atoms with Gasteiger partial charge in [0.15, 0.2) is 0 Å². The third-order valence-electron chi connectivity index (χ3n) is 3.60. The van der Waals surface area contributed by atoms with Crippen LogP contribution in [0, 0.1) is 0 Å². The number of amides is 1. The summed E-state index contributed by atoms with van der Waals surface area (Å²) in [4.78, 5) is 13.1. The maximum absolute atomic E-state index is 12.4. The van der Waals surface area contributed by atoms with Crippen molar-refractivity contribution in [2.45, 2.75) is 36.8 Å². The SMILES string of the molecule is CC(O)c1cccc(S(=O)(=O)NC2CCC(=O)N(C)C2)c1. The molecule has 1 aromatic rings. The molecule has 0 bridgehead atoms. The first kappa shape index (κ1) is 15.9. The largest absolute Gasteiger partial charge is 0.389 e. The topological polar surface area (TPSA) is 86.7 Å². The van der Waals surface area contributed by atoms with E-state index in [1.807, 2.05) is 0 Å². The number of aliphatic hydroxyl groups is 1. The Bertz CT molecular complexity index is 628. The molecule has 0 aromatic heterocycles. The minimum Gasteiger partial charge on any atom is -0.389 e. The van der Waals surface area contributed by atoms with E-state index in [0.29, 0.717) is 24.9 Å². The Labute approximate surface area is 124 Å². The molecule has 2 rings (SSSR count). The molecule has 0 radical (unpaired) electrons. The summed E-state index contributed by atoms with van der Waals surface area (Å²) in [6.07, 6.45) is 0.120.